The first-order valence-corrected chi connectivity index (χ1v) is 5.84. The lowest BCUT2D eigenvalue weighted by atomic mass is 10.2. The summed E-state index contributed by atoms with van der Waals surface area (Å²) in [4.78, 5) is 11.1. The molecule has 1 aromatic carbocycles. The number of benzene rings is 1. The highest BCUT2D eigenvalue weighted by molar-refractivity contribution is 14.1. The predicted octanol–water partition coefficient (Wildman–Crippen LogP) is 3.09. The largest absolute Gasteiger partial charge is 0.477 e. The van der Waals surface area contributed by atoms with Crippen molar-refractivity contribution in [2.75, 3.05) is 0 Å². The van der Waals surface area contributed by atoms with Crippen LogP contribution in [0.5, 0.6) is 0 Å². The van der Waals surface area contributed by atoms with Crippen LogP contribution in [0.4, 0.5) is 0 Å². The number of hydrogen-bond acceptors (Lipinski definition) is 1. The Bertz CT molecular complexity index is 546. The molecule has 0 saturated carbocycles. The summed E-state index contributed by atoms with van der Waals surface area (Å²) in [6, 6.07) is 9.42. The van der Waals surface area contributed by atoms with E-state index in [1.165, 1.54) is 0 Å². The number of halogens is 1. The van der Waals surface area contributed by atoms with Crippen molar-refractivity contribution < 1.29 is 9.90 Å². The number of aromatic carboxylic acids is 1. The highest BCUT2D eigenvalue weighted by Gasteiger charge is 2.12. The molecule has 0 atom stereocenters. The van der Waals surface area contributed by atoms with Crippen LogP contribution in [0.25, 0.3) is 5.69 Å². The number of carbonyl (C=O) groups is 1. The van der Waals surface area contributed by atoms with Crippen LogP contribution in [0, 0.1) is 10.5 Å². The van der Waals surface area contributed by atoms with Crippen molar-refractivity contribution in [1.29, 1.82) is 0 Å². The first kappa shape index (κ1) is 11.2. The highest BCUT2D eigenvalue weighted by atomic mass is 127. The molecule has 2 aromatic rings. The molecule has 82 valence electrons. The maximum absolute atomic E-state index is 11.1. The molecule has 1 aromatic heterocycles. The van der Waals surface area contributed by atoms with Crippen LogP contribution < -0.4 is 0 Å². The van der Waals surface area contributed by atoms with Crippen LogP contribution in [0.15, 0.2) is 36.5 Å². The molecule has 2 rings (SSSR count). The molecule has 0 aliphatic heterocycles. The standard InChI is InChI=1S/C12H10INO2/c1-8-3-2-4-10(5-8)14-7-9(13)6-11(14)12(15)16/h2-7H,1H3,(H,15,16). The zero-order valence-electron chi connectivity index (χ0n) is 8.64. The van der Waals surface area contributed by atoms with Crippen molar-refractivity contribution in [3.63, 3.8) is 0 Å². The minimum Gasteiger partial charge on any atom is -0.477 e. The molecule has 0 aliphatic carbocycles. The molecular formula is C12H10INO2. The summed E-state index contributed by atoms with van der Waals surface area (Å²) >= 11 is 2.11. The van der Waals surface area contributed by atoms with E-state index >= 15 is 0 Å². The summed E-state index contributed by atoms with van der Waals surface area (Å²) in [5, 5.41) is 9.09. The molecule has 0 fully saturated rings. The number of carboxylic acid groups (broad SMARTS) is 1. The summed E-state index contributed by atoms with van der Waals surface area (Å²) in [6.45, 7) is 1.98. The fraction of sp³-hybridized carbons (Fsp3) is 0.0833. The number of rotatable bonds is 2. The molecule has 1 N–H and O–H groups in total. The second-order valence-corrected chi connectivity index (χ2v) is 4.80. The summed E-state index contributed by atoms with van der Waals surface area (Å²) in [5.74, 6) is -0.913. The van der Waals surface area contributed by atoms with Crippen LogP contribution >= 0.6 is 22.6 Å². The molecule has 0 spiro atoms. The number of aromatic nitrogens is 1. The van der Waals surface area contributed by atoms with Gasteiger partial charge < -0.3 is 9.67 Å². The molecule has 0 aliphatic rings. The van der Waals surface area contributed by atoms with E-state index in [1.54, 1.807) is 10.6 Å². The average molecular weight is 327 g/mol. The second-order valence-electron chi connectivity index (χ2n) is 3.56. The zero-order chi connectivity index (χ0) is 11.7. The van der Waals surface area contributed by atoms with Crippen molar-refractivity contribution in [2.24, 2.45) is 0 Å². The third kappa shape index (κ3) is 2.11. The van der Waals surface area contributed by atoms with E-state index in [9.17, 15) is 4.79 Å². The van der Waals surface area contributed by atoms with Gasteiger partial charge >= 0.3 is 5.97 Å². The summed E-state index contributed by atoms with van der Waals surface area (Å²) in [5.41, 5.74) is 2.27. The molecule has 0 unspecified atom stereocenters. The number of aryl methyl sites for hydroxylation is 1. The van der Waals surface area contributed by atoms with Gasteiger partial charge in [0, 0.05) is 15.5 Å². The quantitative estimate of drug-likeness (QED) is 0.862. The van der Waals surface area contributed by atoms with Gasteiger partial charge in [-0.3, -0.25) is 0 Å². The Morgan fingerprint density at radius 3 is 2.75 bits per heavy atom. The Hall–Kier alpha value is -1.30. The lowest BCUT2D eigenvalue weighted by molar-refractivity contribution is 0.0688. The maximum atomic E-state index is 11.1. The van der Waals surface area contributed by atoms with Gasteiger partial charge in [-0.05, 0) is 53.3 Å². The van der Waals surface area contributed by atoms with Crippen molar-refractivity contribution in [1.82, 2.24) is 4.57 Å². The van der Waals surface area contributed by atoms with Gasteiger partial charge in [-0.2, -0.15) is 0 Å². The molecular weight excluding hydrogens is 317 g/mol. The molecule has 16 heavy (non-hydrogen) atoms. The fourth-order valence-corrected chi connectivity index (χ4v) is 2.16. The van der Waals surface area contributed by atoms with Crippen molar-refractivity contribution in [3.8, 4) is 5.69 Å². The third-order valence-electron chi connectivity index (χ3n) is 2.29. The molecule has 3 nitrogen and oxygen atoms in total. The van der Waals surface area contributed by atoms with E-state index < -0.39 is 5.97 Å². The summed E-state index contributed by atoms with van der Waals surface area (Å²) in [6.07, 6.45) is 1.82. The molecule has 4 heteroatoms. The van der Waals surface area contributed by atoms with E-state index in [0.717, 1.165) is 14.8 Å². The van der Waals surface area contributed by atoms with Crippen LogP contribution in [0.2, 0.25) is 0 Å². The summed E-state index contributed by atoms with van der Waals surface area (Å²) in [7, 11) is 0. The van der Waals surface area contributed by atoms with Gasteiger partial charge in [-0.25, -0.2) is 4.79 Å². The predicted molar refractivity (Wildman–Crippen MR) is 70.2 cm³/mol. The minimum atomic E-state index is -0.913. The van der Waals surface area contributed by atoms with Crippen molar-refractivity contribution >= 4 is 28.6 Å². The van der Waals surface area contributed by atoms with E-state index in [0.29, 0.717) is 0 Å². The van der Waals surface area contributed by atoms with E-state index in [1.807, 2.05) is 37.4 Å². The lowest BCUT2D eigenvalue weighted by Gasteiger charge is -2.06. The molecule has 0 bridgehead atoms. The highest BCUT2D eigenvalue weighted by Crippen LogP contribution is 2.18. The third-order valence-corrected chi connectivity index (χ3v) is 2.88. The zero-order valence-corrected chi connectivity index (χ0v) is 10.8. The van der Waals surface area contributed by atoms with Gasteiger partial charge in [0.2, 0.25) is 0 Å². The topological polar surface area (TPSA) is 42.2 Å². The van der Waals surface area contributed by atoms with E-state index in [-0.39, 0.29) is 5.69 Å². The Morgan fingerprint density at radius 1 is 1.38 bits per heavy atom. The van der Waals surface area contributed by atoms with Gasteiger partial charge in [0.1, 0.15) is 5.69 Å². The first-order valence-electron chi connectivity index (χ1n) is 4.76. The fourth-order valence-electron chi connectivity index (χ4n) is 1.59. The number of carboxylic acids is 1. The first-order chi connectivity index (χ1) is 7.58. The normalized spacial score (nSPS) is 10.4. The minimum absolute atomic E-state index is 0.287. The number of nitrogens with zero attached hydrogens (tertiary/aromatic N) is 1. The lowest BCUT2D eigenvalue weighted by Crippen LogP contribution is -2.05. The molecule has 1 heterocycles. The van der Waals surface area contributed by atoms with Crippen LogP contribution in [-0.4, -0.2) is 15.6 Å². The SMILES string of the molecule is Cc1cccc(-n2cc(I)cc2C(=O)O)c1. The van der Waals surface area contributed by atoms with E-state index in [4.69, 9.17) is 5.11 Å². The Labute approximate surface area is 107 Å². The smallest absolute Gasteiger partial charge is 0.352 e. The van der Waals surface area contributed by atoms with Gasteiger partial charge in [0.05, 0.1) is 0 Å². The molecule has 0 amide bonds. The van der Waals surface area contributed by atoms with E-state index in [2.05, 4.69) is 22.6 Å². The summed E-state index contributed by atoms with van der Waals surface area (Å²) < 4.78 is 2.61. The van der Waals surface area contributed by atoms with Crippen LogP contribution in [-0.2, 0) is 0 Å². The Balaban J connectivity index is 2.59. The second kappa shape index (κ2) is 4.29. The van der Waals surface area contributed by atoms with Crippen LogP contribution in [0.3, 0.4) is 0 Å². The molecule has 0 saturated heterocycles. The van der Waals surface area contributed by atoms with Gasteiger partial charge in [0.25, 0.3) is 0 Å². The van der Waals surface area contributed by atoms with Crippen LogP contribution in [0.1, 0.15) is 16.1 Å². The maximum Gasteiger partial charge on any atom is 0.352 e. The Kier molecular flexibility index (Phi) is 3.00. The molecule has 0 radical (unpaired) electrons. The van der Waals surface area contributed by atoms with Crippen molar-refractivity contribution in [2.45, 2.75) is 6.92 Å². The Morgan fingerprint density at radius 2 is 2.12 bits per heavy atom. The van der Waals surface area contributed by atoms with Gasteiger partial charge in [-0.1, -0.05) is 12.1 Å². The van der Waals surface area contributed by atoms with Gasteiger partial charge in [-0.15, -0.1) is 0 Å². The average Bonchev–Trinajstić information content (AvgIpc) is 2.60. The monoisotopic (exact) mass is 327 g/mol. The van der Waals surface area contributed by atoms with Gasteiger partial charge in [0.15, 0.2) is 0 Å². The number of hydrogen-bond donors (Lipinski definition) is 1. The van der Waals surface area contributed by atoms with Crippen molar-refractivity contribution in [3.05, 3.63) is 51.4 Å².